The average Bonchev–Trinajstić information content (AvgIpc) is 3.89. The first kappa shape index (κ1) is 36.9. The highest BCUT2D eigenvalue weighted by atomic mass is 15.0. The van der Waals surface area contributed by atoms with Gasteiger partial charge in [0.1, 0.15) is 0 Å². The van der Waals surface area contributed by atoms with Crippen LogP contribution in [0.25, 0.3) is 111 Å². The van der Waals surface area contributed by atoms with E-state index in [-0.39, 0.29) is 0 Å². The zero-order valence-electron chi connectivity index (χ0n) is 34.5. The Kier molecular flexibility index (Phi) is 8.77. The van der Waals surface area contributed by atoms with Crippen LogP contribution in [0.5, 0.6) is 0 Å². The number of aromatic nitrogens is 5. The molecule has 0 aliphatic heterocycles. The van der Waals surface area contributed by atoms with E-state index in [1.807, 2.05) is 48.5 Å². The van der Waals surface area contributed by atoms with E-state index in [1.54, 1.807) is 0 Å². The van der Waals surface area contributed by atoms with E-state index < -0.39 is 0 Å². The minimum atomic E-state index is 0.584. The lowest BCUT2D eigenvalue weighted by atomic mass is 10.0. The Bertz CT molecular complexity index is 3770. The van der Waals surface area contributed by atoms with Crippen molar-refractivity contribution >= 4 is 43.6 Å². The van der Waals surface area contributed by atoms with E-state index in [0.29, 0.717) is 23.0 Å². The Morgan fingerprint density at radius 2 is 0.812 bits per heavy atom. The van der Waals surface area contributed by atoms with Gasteiger partial charge in [-0.25, -0.2) is 15.0 Å². The molecule has 12 rings (SSSR count). The molecule has 0 spiro atoms. The third kappa shape index (κ3) is 6.22. The lowest BCUT2D eigenvalue weighted by molar-refractivity contribution is 1.07. The molecule has 0 fully saturated rings. The van der Waals surface area contributed by atoms with Crippen molar-refractivity contribution in [1.29, 1.82) is 5.26 Å². The Morgan fingerprint density at radius 1 is 0.328 bits per heavy atom. The van der Waals surface area contributed by atoms with E-state index >= 15 is 0 Å². The van der Waals surface area contributed by atoms with Gasteiger partial charge in [0.2, 0.25) is 0 Å². The predicted octanol–water partition coefficient (Wildman–Crippen LogP) is 14.3. The summed E-state index contributed by atoms with van der Waals surface area (Å²) in [5.74, 6) is 1.79. The lowest BCUT2D eigenvalue weighted by Crippen LogP contribution is -2.02. The molecule has 0 unspecified atom stereocenters. The highest BCUT2D eigenvalue weighted by Gasteiger charge is 2.21. The van der Waals surface area contributed by atoms with E-state index in [2.05, 4.69) is 185 Å². The molecule has 0 amide bonds. The third-order valence-electron chi connectivity index (χ3n) is 12.2. The van der Waals surface area contributed by atoms with Crippen molar-refractivity contribution in [1.82, 2.24) is 24.1 Å². The number of hydrogen-bond acceptors (Lipinski definition) is 4. The molecule has 0 N–H and O–H groups in total. The van der Waals surface area contributed by atoms with Gasteiger partial charge < -0.3 is 9.13 Å². The fourth-order valence-electron chi connectivity index (χ4n) is 9.19. The van der Waals surface area contributed by atoms with Crippen molar-refractivity contribution in [2.45, 2.75) is 0 Å². The van der Waals surface area contributed by atoms with E-state index in [9.17, 15) is 5.26 Å². The Balaban J connectivity index is 1.09. The summed E-state index contributed by atoms with van der Waals surface area (Å²) in [4.78, 5) is 15.5. The summed E-state index contributed by atoms with van der Waals surface area (Å²) in [5.41, 5.74) is 14.1. The number of hydrogen-bond donors (Lipinski definition) is 0. The molecule has 0 radical (unpaired) electrons. The molecule has 64 heavy (non-hydrogen) atoms. The molecular weight excluding hydrogens is 781 g/mol. The summed E-state index contributed by atoms with van der Waals surface area (Å²) < 4.78 is 4.70. The van der Waals surface area contributed by atoms with Crippen molar-refractivity contribution in [2.75, 3.05) is 0 Å². The quantitative estimate of drug-likeness (QED) is 0.161. The van der Waals surface area contributed by atoms with Gasteiger partial charge in [-0.1, -0.05) is 170 Å². The van der Waals surface area contributed by atoms with E-state index in [1.165, 1.54) is 0 Å². The second-order valence-corrected chi connectivity index (χ2v) is 16.0. The van der Waals surface area contributed by atoms with Gasteiger partial charge in [-0.3, -0.25) is 0 Å². The van der Waals surface area contributed by atoms with Gasteiger partial charge in [-0.05, 0) is 65.2 Å². The zero-order valence-corrected chi connectivity index (χ0v) is 34.5. The van der Waals surface area contributed by atoms with Crippen LogP contribution in [0.1, 0.15) is 5.56 Å². The maximum absolute atomic E-state index is 9.82. The maximum atomic E-state index is 9.82. The largest absolute Gasteiger partial charge is 0.309 e. The van der Waals surface area contributed by atoms with Crippen molar-refractivity contribution < 1.29 is 0 Å². The van der Waals surface area contributed by atoms with Crippen LogP contribution in [0.3, 0.4) is 0 Å². The summed E-state index contributed by atoms with van der Waals surface area (Å²) in [6.45, 7) is 0. The minimum Gasteiger partial charge on any atom is -0.309 e. The maximum Gasteiger partial charge on any atom is 0.164 e. The molecule has 0 saturated heterocycles. The van der Waals surface area contributed by atoms with E-state index in [0.717, 1.165) is 93.9 Å². The second kappa shape index (κ2) is 15.2. The van der Waals surface area contributed by atoms with Gasteiger partial charge in [0, 0.05) is 49.5 Å². The van der Waals surface area contributed by atoms with Crippen LogP contribution in [-0.2, 0) is 0 Å². The number of nitrogens with zero attached hydrogens (tertiary/aromatic N) is 6. The van der Waals surface area contributed by atoms with Crippen LogP contribution in [0.2, 0.25) is 0 Å². The summed E-state index contributed by atoms with van der Waals surface area (Å²) in [7, 11) is 0. The number of benzene rings is 9. The molecule has 0 bridgehead atoms. The van der Waals surface area contributed by atoms with Crippen molar-refractivity contribution in [2.24, 2.45) is 0 Å². The normalized spacial score (nSPS) is 11.4. The molecule has 9 aromatic carbocycles. The second-order valence-electron chi connectivity index (χ2n) is 16.0. The number of fused-ring (bicyclic) bond motifs is 6. The smallest absolute Gasteiger partial charge is 0.164 e. The first-order valence-electron chi connectivity index (χ1n) is 21.3. The molecule has 0 atom stereocenters. The van der Waals surface area contributed by atoms with Gasteiger partial charge in [-0.15, -0.1) is 0 Å². The number of rotatable bonds is 7. The summed E-state index contributed by atoms with van der Waals surface area (Å²) in [6, 6.07) is 78.2. The lowest BCUT2D eigenvalue weighted by Gasteiger charge is -2.17. The Morgan fingerprint density at radius 3 is 1.48 bits per heavy atom. The predicted molar refractivity (Wildman–Crippen MR) is 260 cm³/mol. The highest BCUT2D eigenvalue weighted by Crippen LogP contribution is 2.40. The molecule has 3 aromatic heterocycles. The average molecular weight is 817 g/mol. The Labute approximate surface area is 369 Å². The first-order chi connectivity index (χ1) is 31.7. The molecule has 6 heteroatoms. The van der Waals surface area contributed by atoms with E-state index in [4.69, 9.17) is 15.0 Å². The molecule has 3 heterocycles. The summed E-state index contributed by atoms with van der Waals surface area (Å²) in [5, 5.41) is 14.3. The molecule has 12 aromatic rings. The SMILES string of the molecule is N#Cc1ccc2c(c1)c1ccccc1n2-c1ccc2c3ccccc3n(-c3cc(-c4nc(-c5ccccc5)nc(-c5ccc(-c6ccccc6)cc5)n4)ccc3-c3ccccc3)c2c1. The van der Waals surface area contributed by atoms with Crippen LogP contribution in [-0.4, -0.2) is 24.1 Å². The summed E-state index contributed by atoms with van der Waals surface area (Å²) >= 11 is 0. The van der Waals surface area contributed by atoms with Gasteiger partial charge in [0.25, 0.3) is 0 Å². The first-order valence-corrected chi connectivity index (χ1v) is 21.3. The highest BCUT2D eigenvalue weighted by molar-refractivity contribution is 6.12. The monoisotopic (exact) mass is 816 g/mol. The molecule has 6 nitrogen and oxygen atoms in total. The number of nitriles is 1. The van der Waals surface area contributed by atoms with Gasteiger partial charge >= 0.3 is 0 Å². The molecule has 298 valence electrons. The topological polar surface area (TPSA) is 72.3 Å². The fourth-order valence-corrected chi connectivity index (χ4v) is 9.19. The third-order valence-corrected chi connectivity index (χ3v) is 12.2. The minimum absolute atomic E-state index is 0.584. The molecule has 0 aliphatic carbocycles. The molecular formula is C58H36N6. The standard InChI is InChI=1S/C58H36N6/c59-37-38-24-33-53-50(34-38)48-21-11-12-22-51(48)63(53)45-30-32-49-47-20-10-13-23-52(47)64(55(49)36-45)54-35-44(29-31-46(54)41-16-6-2-7-17-41)58-61-56(42-18-8-3-9-19-42)60-57(62-58)43-27-25-40(26-28-43)39-14-4-1-5-15-39/h1-36H. The van der Waals surface area contributed by atoms with Crippen molar-refractivity contribution in [3.8, 4) is 73.9 Å². The van der Waals surface area contributed by atoms with Crippen LogP contribution in [0.15, 0.2) is 218 Å². The van der Waals surface area contributed by atoms with Crippen LogP contribution >= 0.6 is 0 Å². The Hall–Kier alpha value is -8.92. The fraction of sp³-hybridized carbons (Fsp3) is 0. The van der Waals surface area contributed by atoms with Gasteiger partial charge in [0.15, 0.2) is 17.5 Å². The van der Waals surface area contributed by atoms with Gasteiger partial charge in [-0.2, -0.15) is 5.26 Å². The molecule has 0 saturated carbocycles. The van der Waals surface area contributed by atoms with Crippen LogP contribution in [0, 0.1) is 11.3 Å². The zero-order chi connectivity index (χ0) is 42.6. The summed E-state index contributed by atoms with van der Waals surface area (Å²) in [6.07, 6.45) is 0. The van der Waals surface area contributed by atoms with Crippen molar-refractivity contribution in [3.05, 3.63) is 224 Å². The van der Waals surface area contributed by atoms with Crippen LogP contribution < -0.4 is 0 Å². The number of para-hydroxylation sites is 2. The van der Waals surface area contributed by atoms with Crippen LogP contribution in [0.4, 0.5) is 0 Å². The van der Waals surface area contributed by atoms with Crippen molar-refractivity contribution in [3.63, 3.8) is 0 Å². The molecule has 0 aliphatic rings. The van der Waals surface area contributed by atoms with Gasteiger partial charge in [0.05, 0.1) is 39.4 Å².